The summed E-state index contributed by atoms with van der Waals surface area (Å²) in [5.41, 5.74) is 6.13. The van der Waals surface area contributed by atoms with Gasteiger partial charge < -0.3 is 10.2 Å². The lowest BCUT2D eigenvalue weighted by molar-refractivity contribution is 0.205. The summed E-state index contributed by atoms with van der Waals surface area (Å²) in [5.74, 6) is 0.544. The molecule has 2 aliphatic heterocycles. The van der Waals surface area contributed by atoms with Crippen molar-refractivity contribution in [2.75, 3.05) is 36.9 Å². The van der Waals surface area contributed by atoms with E-state index in [9.17, 15) is 4.39 Å². The van der Waals surface area contributed by atoms with Crippen molar-refractivity contribution in [1.82, 2.24) is 4.90 Å². The summed E-state index contributed by atoms with van der Waals surface area (Å²) in [7, 11) is 2.15. The normalized spacial score (nSPS) is 20.0. The molecule has 2 aliphatic rings. The van der Waals surface area contributed by atoms with E-state index < -0.39 is 0 Å². The molecule has 29 heavy (non-hydrogen) atoms. The van der Waals surface area contributed by atoms with E-state index in [4.69, 9.17) is 0 Å². The van der Waals surface area contributed by atoms with E-state index in [0.717, 1.165) is 50.1 Å². The predicted molar refractivity (Wildman–Crippen MR) is 120 cm³/mol. The van der Waals surface area contributed by atoms with Gasteiger partial charge in [0.1, 0.15) is 12.0 Å². The molecule has 1 atom stereocenters. The molecule has 0 aliphatic carbocycles. The van der Waals surface area contributed by atoms with Crippen LogP contribution in [0.2, 0.25) is 0 Å². The third kappa shape index (κ3) is 4.42. The molecule has 0 radical (unpaired) electrons. The van der Waals surface area contributed by atoms with Crippen molar-refractivity contribution < 1.29 is 4.39 Å². The first-order valence-electron chi connectivity index (χ1n) is 11.2. The Hall–Kier alpha value is -2.07. The van der Waals surface area contributed by atoms with E-state index in [1.165, 1.54) is 29.7 Å². The monoisotopic (exact) mass is 395 g/mol. The highest BCUT2D eigenvalue weighted by molar-refractivity contribution is 5.79. The summed E-state index contributed by atoms with van der Waals surface area (Å²) in [6, 6.07) is 12.4. The molecular formula is C25H34FN3. The average molecular weight is 396 g/mol. The molecule has 4 rings (SSSR count). The fourth-order valence-electron chi connectivity index (χ4n) is 4.96. The number of benzene rings is 2. The van der Waals surface area contributed by atoms with Gasteiger partial charge in [0.2, 0.25) is 0 Å². The largest absolute Gasteiger partial charge is 0.362 e. The third-order valence-electron chi connectivity index (χ3n) is 6.63. The maximum atomic E-state index is 14.1. The van der Waals surface area contributed by atoms with Gasteiger partial charge in [-0.05, 0) is 74.9 Å². The summed E-state index contributed by atoms with van der Waals surface area (Å²) in [6.45, 7) is 7.58. The van der Waals surface area contributed by atoms with Gasteiger partial charge >= 0.3 is 0 Å². The zero-order valence-electron chi connectivity index (χ0n) is 18.0. The van der Waals surface area contributed by atoms with Crippen LogP contribution in [0, 0.1) is 12.7 Å². The number of halogens is 1. The number of likely N-dealkylation sites (N-methyl/N-ethyl adjacent to an activating group) is 1. The first-order valence-corrected chi connectivity index (χ1v) is 11.2. The van der Waals surface area contributed by atoms with Gasteiger partial charge in [0, 0.05) is 13.6 Å². The van der Waals surface area contributed by atoms with Crippen LogP contribution in [0.1, 0.15) is 55.2 Å². The van der Waals surface area contributed by atoms with Crippen molar-refractivity contribution in [3.63, 3.8) is 0 Å². The van der Waals surface area contributed by atoms with Crippen molar-refractivity contribution in [2.24, 2.45) is 0 Å². The van der Waals surface area contributed by atoms with Gasteiger partial charge in [-0.3, -0.25) is 4.90 Å². The molecule has 2 aromatic carbocycles. The van der Waals surface area contributed by atoms with E-state index in [1.807, 2.05) is 0 Å². The number of likely N-dealkylation sites (tertiary alicyclic amines) is 1. The van der Waals surface area contributed by atoms with Crippen molar-refractivity contribution in [2.45, 2.75) is 58.0 Å². The lowest BCUT2D eigenvalue weighted by atomic mass is 9.88. The number of hydrogen-bond donors (Lipinski definition) is 1. The van der Waals surface area contributed by atoms with E-state index in [0.29, 0.717) is 5.92 Å². The van der Waals surface area contributed by atoms with Crippen LogP contribution in [-0.4, -0.2) is 37.7 Å². The zero-order valence-corrected chi connectivity index (χ0v) is 18.0. The highest BCUT2D eigenvalue weighted by atomic mass is 19.1. The first kappa shape index (κ1) is 20.2. The number of unbranched alkanes of at least 4 members (excludes halogenated alkanes) is 1. The molecule has 1 unspecified atom stereocenters. The quantitative estimate of drug-likeness (QED) is 0.692. The second-order valence-electron chi connectivity index (χ2n) is 8.82. The standard InChI is InChI=1S/C25H34FN3/c1-4-5-8-21-15-22(26)16-23-25(21)28(3)24(27-23)17-29-12-10-19(11-13-29)20-9-6-7-18(2)14-20/h6-7,9,14-16,19,24,27H,4-5,8,10-13,17H2,1-3H3. The maximum absolute atomic E-state index is 14.1. The van der Waals surface area contributed by atoms with E-state index in [1.54, 1.807) is 12.1 Å². The number of rotatable bonds is 6. The molecule has 2 aromatic rings. The lowest BCUT2D eigenvalue weighted by Gasteiger charge is -2.35. The molecule has 0 aromatic heterocycles. The van der Waals surface area contributed by atoms with Crippen LogP contribution in [0.4, 0.5) is 15.8 Å². The van der Waals surface area contributed by atoms with Gasteiger partial charge in [0.15, 0.2) is 0 Å². The number of hydrogen-bond acceptors (Lipinski definition) is 3. The number of aryl methyl sites for hydroxylation is 2. The van der Waals surface area contributed by atoms with Crippen molar-refractivity contribution >= 4 is 11.4 Å². The molecule has 1 fully saturated rings. The van der Waals surface area contributed by atoms with Crippen LogP contribution in [0.3, 0.4) is 0 Å². The number of nitrogens with zero attached hydrogens (tertiary/aromatic N) is 2. The SMILES string of the molecule is CCCCc1cc(F)cc2c1N(C)C(CN1CCC(c3cccc(C)c3)CC1)N2. The van der Waals surface area contributed by atoms with Crippen molar-refractivity contribution in [3.05, 3.63) is 58.9 Å². The van der Waals surface area contributed by atoms with Gasteiger partial charge in [0.25, 0.3) is 0 Å². The van der Waals surface area contributed by atoms with E-state index in [2.05, 4.69) is 60.3 Å². The molecule has 4 heteroatoms. The Morgan fingerprint density at radius 2 is 1.93 bits per heavy atom. The molecule has 0 spiro atoms. The predicted octanol–water partition coefficient (Wildman–Crippen LogP) is 5.54. The molecular weight excluding hydrogens is 361 g/mol. The van der Waals surface area contributed by atoms with Crippen LogP contribution in [-0.2, 0) is 6.42 Å². The highest BCUT2D eigenvalue weighted by Gasteiger charge is 2.31. The first-order chi connectivity index (χ1) is 14.0. The highest BCUT2D eigenvalue weighted by Crippen LogP contribution is 2.39. The Labute approximate surface area is 174 Å². The van der Waals surface area contributed by atoms with E-state index in [-0.39, 0.29) is 12.0 Å². The number of nitrogens with one attached hydrogen (secondary N) is 1. The number of piperidine rings is 1. The molecule has 0 bridgehead atoms. The fourth-order valence-corrected chi connectivity index (χ4v) is 4.96. The number of anilines is 2. The second kappa shape index (κ2) is 8.74. The molecule has 3 nitrogen and oxygen atoms in total. The molecule has 156 valence electrons. The lowest BCUT2D eigenvalue weighted by Crippen LogP contribution is -2.46. The Bertz CT molecular complexity index is 842. The van der Waals surface area contributed by atoms with Gasteiger partial charge in [-0.2, -0.15) is 0 Å². The van der Waals surface area contributed by atoms with Gasteiger partial charge in [0.05, 0.1) is 11.4 Å². The molecule has 2 heterocycles. The Balaban J connectivity index is 1.38. The minimum absolute atomic E-state index is 0.129. The second-order valence-corrected chi connectivity index (χ2v) is 8.82. The van der Waals surface area contributed by atoms with Crippen LogP contribution in [0.15, 0.2) is 36.4 Å². The Kier molecular flexibility index (Phi) is 6.09. The fraction of sp³-hybridized carbons (Fsp3) is 0.520. The Morgan fingerprint density at radius 1 is 1.14 bits per heavy atom. The summed E-state index contributed by atoms with van der Waals surface area (Å²) < 4.78 is 14.1. The van der Waals surface area contributed by atoms with Crippen LogP contribution in [0.5, 0.6) is 0 Å². The van der Waals surface area contributed by atoms with Gasteiger partial charge in [-0.25, -0.2) is 4.39 Å². The Morgan fingerprint density at radius 3 is 2.66 bits per heavy atom. The smallest absolute Gasteiger partial charge is 0.125 e. The summed E-state index contributed by atoms with van der Waals surface area (Å²) in [4.78, 5) is 4.89. The molecule has 0 saturated carbocycles. The maximum Gasteiger partial charge on any atom is 0.125 e. The zero-order chi connectivity index (χ0) is 20.4. The summed E-state index contributed by atoms with van der Waals surface area (Å²) in [5, 5.41) is 3.58. The average Bonchev–Trinajstić information content (AvgIpc) is 3.02. The minimum Gasteiger partial charge on any atom is -0.362 e. The van der Waals surface area contributed by atoms with Gasteiger partial charge in [-0.15, -0.1) is 0 Å². The van der Waals surface area contributed by atoms with Crippen LogP contribution >= 0.6 is 0 Å². The van der Waals surface area contributed by atoms with Gasteiger partial charge in [-0.1, -0.05) is 43.2 Å². The number of fused-ring (bicyclic) bond motifs is 1. The topological polar surface area (TPSA) is 18.5 Å². The summed E-state index contributed by atoms with van der Waals surface area (Å²) in [6.07, 6.45) is 5.80. The third-order valence-corrected chi connectivity index (χ3v) is 6.63. The summed E-state index contributed by atoms with van der Waals surface area (Å²) >= 11 is 0. The minimum atomic E-state index is -0.129. The van der Waals surface area contributed by atoms with Crippen LogP contribution < -0.4 is 10.2 Å². The van der Waals surface area contributed by atoms with Crippen molar-refractivity contribution in [1.29, 1.82) is 0 Å². The molecule has 1 N–H and O–H groups in total. The molecule has 1 saturated heterocycles. The van der Waals surface area contributed by atoms with E-state index >= 15 is 0 Å². The van der Waals surface area contributed by atoms with Crippen molar-refractivity contribution in [3.8, 4) is 0 Å². The molecule has 0 amide bonds. The van der Waals surface area contributed by atoms with Crippen LogP contribution in [0.25, 0.3) is 0 Å².